The second-order valence-electron chi connectivity index (χ2n) is 8.33. The van der Waals surface area contributed by atoms with E-state index in [4.69, 9.17) is 0 Å². The Morgan fingerprint density at radius 2 is 1.18 bits per heavy atom. The zero-order valence-corrected chi connectivity index (χ0v) is 18.2. The first-order valence-electron chi connectivity index (χ1n) is 11.3. The fourth-order valence-corrected chi connectivity index (χ4v) is 4.90. The lowest BCUT2D eigenvalue weighted by Crippen LogP contribution is -2.04. The van der Waals surface area contributed by atoms with Crippen LogP contribution in [0, 0.1) is 0 Å². The minimum Gasteiger partial charge on any atom is -0.309 e. The molecule has 4 aromatic carbocycles. The first-order chi connectivity index (χ1) is 16.4. The van der Waals surface area contributed by atoms with E-state index < -0.39 is 0 Å². The Balaban J connectivity index is 1.49. The Labute approximate surface area is 193 Å². The molecule has 1 aliphatic carbocycles. The van der Waals surface area contributed by atoms with Crippen molar-refractivity contribution in [2.24, 2.45) is 0 Å². The van der Waals surface area contributed by atoms with Crippen molar-refractivity contribution in [2.45, 2.75) is 5.92 Å². The van der Waals surface area contributed by atoms with Crippen LogP contribution in [0.1, 0.15) is 17.0 Å². The van der Waals surface area contributed by atoms with E-state index in [0.717, 1.165) is 0 Å². The normalized spacial score (nSPS) is 13.9. The molecule has 1 unspecified atom stereocenters. The molecule has 0 radical (unpaired) electrons. The van der Waals surface area contributed by atoms with Gasteiger partial charge in [-0.3, -0.25) is 0 Å². The number of fused-ring (bicyclic) bond motifs is 3. The summed E-state index contributed by atoms with van der Waals surface area (Å²) in [6.45, 7) is 0. The van der Waals surface area contributed by atoms with Crippen LogP contribution in [0.2, 0.25) is 0 Å². The molecule has 1 nitrogen and oxygen atoms in total. The van der Waals surface area contributed by atoms with Gasteiger partial charge in [-0.1, -0.05) is 97.1 Å². The summed E-state index contributed by atoms with van der Waals surface area (Å²) in [6, 6.07) is 37.1. The van der Waals surface area contributed by atoms with Gasteiger partial charge in [0, 0.05) is 22.4 Å². The maximum absolute atomic E-state index is 3.18. The molecule has 0 saturated carbocycles. The van der Waals surface area contributed by atoms with Gasteiger partial charge in [0.1, 0.15) is 0 Å². The summed E-state index contributed by atoms with van der Waals surface area (Å²) in [5.74, 6) is 0.166. The number of hydrogen-bond acceptors (Lipinski definition) is 0. The number of para-hydroxylation sites is 2. The van der Waals surface area contributed by atoms with Crippen molar-refractivity contribution in [3.05, 3.63) is 156 Å². The van der Waals surface area contributed by atoms with Gasteiger partial charge in [0.05, 0.1) is 11.0 Å². The quantitative estimate of drug-likeness (QED) is 0.258. The van der Waals surface area contributed by atoms with Gasteiger partial charge in [-0.15, -0.1) is 5.73 Å². The molecule has 1 aromatic heterocycles. The molecule has 33 heavy (non-hydrogen) atoms. The SMILES string of the molecule is C1=CC=CC(C(c2ccccc2)c2ccc(-n3c4ccccc4c4ccccc43)cc2)=CC=1. The van der Waals surface area contributed by atoms with Gasteiger partial charge in [-0.25, -0.2) is 0 Å². The molecule has 1 heteroatoms. The van der Waals surface area contributed by atoms with E-state index >= 15 is 0 Å². The standard InChI is InChI=1S/C32H23N/c1-2-5-13-24(12-4-1)32(25-14-6-3-7-15-25)26-20-22-27(23-21-26)33-30-18-10-8-16-28(30)29-17-9-11-19-31(29)33/h1,3-23,32H. The summed E-state index contributed by atoms with van der Waals surface area (Å²) in [4.78, 5) is 0. The van der Waals surface area contributed by atoms with Gasteiger partial charge < -0.3 is 4.57 Å². The number of nitrogens with zero attached hydrogens (tertiary/aromatic N) is 1. The summed E-state index contributed by atoms with van der Waals surface area (Å²) in [6.07, 6.45) is 10.4. The van der Waals surface area contributed by atoms with Crippen molar-refractivity contribution in [2.75, 3.05) is 0 Å². The molecular weight excluding hydrogens is 398 g/mol. The maximum atomic E-state index is 3.18. The Morgan fingerprint density at radius 1 is 0.576 bits per heavy atom. The van der Waals surface area contributed by atoms with E-state index in [-0.39, 0.29) is 5.92 Å². The molecule has 5 aromatic rings. The highest BCUT2D eigenvalue weighted by molar-refractivity contribution is 6.09. The van der Waals surface area contributed by atoms with Crippen molar-refractivity contribution < 1.29 is 0 Å². The van der Waals surface area contributed by atoms with E-state index in [9.17, 15) is 0 Å². The first-order valence-corrected chi connectivity index (χ1v) is 11.3. The molecule has 156 valence electrons. The highest BCUT2D eigenvalue weighted by Crippen LogP contribution is 2.35. The number of aromatic nitrogens is 1. The van der Waals surface area contributed by atoms with Gasteiger partial charge in [0.25, 0.3) is 0 Å². The van der Waals surface area contributed by atoms with Crippen molar-refractivity contribution in [1.29, 1.82) is 0 Å². The average molecular weight is 422 g/mol. The van der Waals surface area contributed by atoms with Gasteiger partial charge in [-0.05, 0) is 53.1 Å². The molecule has 0 saturated heterocycles. The largest absolute Gasteiger partial charge is 0.309 e. The lowest BCUT2D eigenvalue weighted by atomic mass is 9.84. The smallest absolute Gasteiger partial charge is 0.0541 e. The summed E-state index contributed by atoms with van der Waals surface area (Å²) < 4.78 is 2.36. The van der Waals surface area contributed by atoms with Crippen molar-refractivity contribution in [3.63, 3.8) is 0 Å². The van der Waals surface area contributed by atoms with Crippen molar-refractivity contribution in [1.82, 2.24) is 4.57 Å². The van der Waals surface area contributed by atoms with E-state index in [0.29, 0.717) is 0 Å². The van der Waals surface area contributed by atoms with Crippen LogP contribution in [-0.2, 0) is 0 Å². The van der Waals surface area contributed by atoms with Crippen molar-refractivity contribution in [3.8, 4) is 5.69 Å². The molecule has 1 heterocycles. The number of hydrogen-bond donors (Lipinski definition) is 0. The minimum absolute atomic E-state index is 0.166. The zero-order chi connectivity index (χ0) is 22.0. The highest BCUT2D eigenvalue weighted by Gasteiger charge is 2.18. The van der Waals surface area contributed by atoms with Crippen LogP contribution in [-0.4, -0.2) is 4.57 Å². The van der Waals surface area contributed by atoms with Crippen LogP contribution in [0.25, 0.3) is 27.5 Å². The number of rotatable bonds is 4. The zero-order valence-electron chi connectivity index (χ0n) is 18.2. The summed E-state index contributed by atoms with van der Waals surface area (Å²) in [7, 11) is 0. The van der Waals surface area contributed by atoms with Crippen LogP contribution >= 0.6 is 0 Å². The van der Waals surface area contributed by atoms with E-state index in [1.165, 1.54) is 44.2 Å². The molecule has 0 aliphatic heterocycles. The van der Waals surface area contributed by atoms with Crippen LogP contribution in [0.4, 0.5) is 0 Å². The number of allylic oxidation sites excluding steroid dienone is 5. The van der Waals surface area contributed by atoms with Crippen LogP contribution in [0.5, 0.6) is 0 Å². The topological polar surface area (TPSA) is 4.93 Å². The van der Waals surface area contributed by atoms with Gasteiger partial charge in [0.15, 0.2) is 0 Å². The van der Waals surface area contributed by atoms with Gasteiger partial charge >= 0.3 is 0 Å². The second kappa shape index (κ2) is 8.31. The average Bonchev–Trinajstić information content (AvgIpc) is 3.00. The highest BCUT2D eigenvalue weighted by atomic mass is 15.0. The van der Waals surface area contributed by atoms with Crippen LogP contribution < -0.4 is 0 Å². The molecule has 0 bridgehead atoms. The molecule has 1 atom stereocenters. The first kappa shape index (κ1) is 19.4. The second-order valence-corrected chi connectivity index (χ2v) is 8.33. The summed E-state index contributed by atoms with van der Waals surface area (Å²) >= 11 is 0. The predicted octanol–water partition coefficient (Wildman–Crippen LogP) is 8.12. The molecule has 0 spiro atoms. The number of benzene rings is 4. The van der Waals surface area contributed by atoms with Crippen LogP contribution in [0.3, 0.4) is 0 Å². The Hall–Kier alpha value is -4.32. The van der Waals surface area contributed by atoms with Crippen LogP contribution in [0.15, 0.2) is 145 Å². The molecule has 0 N–H and O–H groups in total. The molecule has 0 amide bonds. The summed E-state index contributed by atoms with van der Waals surface area (Å²) in [5, 5.41) is 2.57. The Kier molecular flexibility index (Phi) is 4.88. The Bertz CT molecular complexity index is 1520. The molecule has 6 rings (SSSR count). The fraction of sp³-hybridized carbons (Fsp3) is 0.0312. The molecule has 0 fully saturated rings. The monoisotopic (exact) mass is 421 g/mol. The summed E-state index contributed by atoms with van der Waals surface area (Å²) in [5.41, 5.74) is 10.6. The van der Waals surface area contributed by atoms with E-state index in [2.05, 4.69) is 132 Å². The predicted molar refractivity (Wildman–Crippen MR) is 139 cm³/mol. The lowest BCUT2D eigenvalue weighted by molar-refractivity contribution is 0.975. The van der Waals surface area contributed by atoms with E-state index in [1.807, 2.05) is 12.2 Å². The third-order valence-corrected chi connectivity index (χ3v) is 6.38. The third kappa shape index (κ3) is 3.46. The Morgan fingerprint density at radius 3 is 1.88 bits per heavy atom. The van der Waals surface area contributed by atoms with E-state index in [1.54, 1.807) is 0 Å². The molecular formula is C32H23N. The maximum Gasteiger partial charge on any atom is 0.0541 e. The van der Waals surface area contributed by atoms with Crippen molar-refractivity contribution >= 4 is 21.8 Å². The van der Waals surface area contributed by atoms with Gasteiger partial charge in [-0.2, -0.15) is 0 Å². The minimum atomic E-state index is 0.166. The molecule has 1 aliphatic rings. The third-order valence-electron chi connectivity index (χ3n) is 6.38. The fourth-order valence-electron chi connectivity index (χ4n) is 4.90. The van der Waals surface area contributed by atoms with Gasteiger partial charge in [0.2, 0.25) is 0 Å². The lowest BCUT2D eigenvalue weighted by Gasteiger charge is -2.20.